The van der Waals surface area contributed by atoms with Crippen molar-refractivity contribution >= 4 is 15.8 Å². The SMILES string of the molecule is COc1ccc(C)cc1S(=O)(=O)Nc1cccc(CN)n1. The molecular weight excluding hydrogens is 290 g/mol. The number of rotatable bonds is 5. The van der Waals surface area contributed by atoms with Gasteiger partial charge in [-0.25, -0.2) is 13.4 Å². The fraction of sp³-hybridized carbons (Fsp3) is 0.214. The molecule has 0 aliphatic carbocycles. The van der Waals surface area contributed by atoms with Gasteiger partial charge in [-0.15, -0.1) is 0 Å². The summed E-state index contributed by atoms with van der Waals surface area (Å²) < 4.78 is 32.5. The zero-order valence-electron chi connectivity index (χ0n) is 11.8. The van der Waals surface area contributed by atoms with Crippen molar-refractivity contribution in [2.24, 2.45) is 5.73 Å². The van der Waals surface area contributed by atoms with E-state index < -0.39 is 10.0 Å². The molecule has 1 heterocycles. The fourth-order valence-electron chi connectivity index (χ4n) is 1.84. The molecule has 0 saturated carbocycles. The lowest BCUT2D eigenvalue weighted by Crippen LogP contribution is -2.16. The molecule has 0 atom stereocenters. The van der Waals surface area contributed by atoms with Crippen molar-refractivity contribution in [3.8, 4) is 5.75 Å². The lowest BCUT2D eigenvalue weighted by atomic mass is 10.2. The van der Waals surface area contributed by atoms with Crippen LogP contribution in [-0.4, -0.2) is 20.5 Å². The third-order valence-corrected chi connectivity index (χ3v) is 4.24. The molecule has 0 radical (unpaired) electrons. The van der Waals surface area contributed by atoms with E-state index in [1.54, 1.807) is 36.4 Å². The van der Waals surface area contributed by atoms with E-state index in [2.05, 4.69) is 9.71 Å². The number of hydrogen-bond acceptors (Lipinski definition) is 5. The number of sulfonamides is 1. The average Bonchev–Trinajstić information content (AvgIpc) is 2.47. The number of aromatic nitrogens is 1. The second-order valence-electron chi connectivity index (χ2n) is 4.48. The van der Waals surface area contributed by atoms with Crippen LogP contribution in [0.4, 0.5) is 5.82 Å². The molecule has 2 rings (SSSR count). The summed E-state index contributed by atoms with van der Waals surface area (Å²) in [5, 5.41) is 0. The summed E-state index contributed by atoms with van der Waals surface area (Å²) in [7, 11) is -2.35. The Hall–Kier alpha value is -2.12. The van der Waals surface area contributed by atoms with Gasteiger partial charge in [-0.2, -0.15) is 0 Å². The largest absolute Gasteiger partial charge is 0.495 e. The van der Waals surface area contributed by atoms with Gasteiger partial charge in [0.2, 0.25) is 0 Å². The van der Waals surface area contributed by atoms with Gasteiger partial charge in [0, 0.05) is 6.54 Å². The molecular formula is C14H17N3O3S. The summed E-state index contributed by atoms with van der Waals surface area (Å²) in [4.78, 5) is 4.20. The molecule has 0 bridgehead atoms. The number of benzene rings is 1. The Kier molecular flexibility index (Phi) is 4.44. The molecule has 6 nitrogen and oxygen atoms in total. The highest BCUT2D eigenvalue weighted by atomic mass is 32.2. The molecule has 0 amide bonds. The first-order valence-corrected chi connectivity index (χ1v) is 7.78. The number of anilines is 1. The van der Waals surface area contributed by atoms with Crippen molar-refractivity contribution in [1.82, 2.24) is 4.98 Å². The van der Waals surface area contributed by atoms with Gasteiger partial charge >= 0.3 is 0 Å². The second kappa shape index (κ2) is 6.11. The standard InChI is InChI=1S/C14H17N3O3S/c1-10-6-7-12(20-2)13(8-10)21(18,19)17-14-5-3-4-11(9-15)16-14/h3-8H,9,15H2,1-2H3,(H,16,17). The van der Waals surface area contributed by atoms with Crippen LogP contribution in [0.25, 0.3) is 0 Å². The summed E-state index contributed by atoms with van der Waals surface area (Å²) >= 11 is 0. The first-order valence-electron chi connectivity index (χ1n) is 6.30. The molecule has 0 spiro atoms. The number of nitrogens with two attached hydrogens (primary N) is 1. The normalized spacial score (nSPS) is 11.2. The van der Waals surface area contributed by atoms with Gasteiger partial charge in [0.05, 0.1) is 12.8 Å². The molecule has 21 heavy (non-hydrogen) atoms. The summed E-state index contributed by atoms with van der Waals surface area (Å²) in [6.45, 7) is 2.05. The highest BCUT2D eigenvalue weighted by Crippen LogP contribution is 2.26. The molecule has 112 valence electrons. The van der Waals surface area contributed by atoms with Gasteiger partial charge in [0.25, 0.3) is 10.0 Å². The van der Waals surface area contributed by atoms with Crippen molar-refractivity contribution in [3.63, 3.8) is 0 Å². The Morgan fingerprint density at radius 3 is 2.71 bits per heavy atom. The molecule has 0 fully saturated rings. The van der Waals surface area contributed by atoms with Crippen LogP contribution in [0.15, 0.2) is 41.3 Å². The van der Waals surface area contributed by atoms with Gasteiger partial charge < -0.3 is 10.5 Å². The van der Waals surface area contributed by atoms with Crippen molar-refractivity contribution in [3.05, 3.63) is 47.7 Å². The highest BCUT2D eigenvalue weighted by Gasteiger charge is 2.20. The third-order valence-electron chi connectivity index (χ3n) is 2.86. The number of aryl methyl sites for hydroxylation is 1. The lowest BCUT2D eigenvalue weighted by Gasteiger charge is -2.12. The quantitative estimate of drug-likeness (QED) is 0.876. The summed E-state index contributed by atoms with van der Waals surface area (Å²) in [6.07, 6.45) is 0. The number of hydrogen-bond donors (Lipinski definition) is 2. The minimum absolute atomic E-state index is 0.0740. The van der Waals surface area contributed by atoms with Crippen LogP contribution >= 0.6 is 0 Å². The van der Waals surface area contributed by atoms with E-state index >= 15 is 0 Å². The van der Waals surface area contributed by atoms with Gasteiger partial charge in [0.15, 0.2) is 0 Å². The first-order chi connectivity index (χ1) is 9.96. The smallest absolute Gasteiger partial charge is 0.266 e. The molecule has 0 unspecified atom stereocenters. The zero-order valence-corrected chi connectivity index (χ0v) is 12.6. The van der Waals surface area contributed by atoms with Crippen LogP contribution in [0.3, 0.4) is 0 Å². The van der Waals surface area contributed by atoms with E-state index in [1.165, 1.54) is 7.11 Å². The van der Waals surface area contributed by atoms with Gasteiger partial charge in [0.1, 0.15) is 16.5 Å². The van der Waals surface area contributed by atoms with Crippen molar-refractivity contribution < 1.29 is 13.2 Å². The lowest BCUT2D eigenvalue weighted by molar-refractivity contribution is 0.402. The van der Waals surface area contributed by atoms with E-state index in [0.717, 1.165) is 5.56 Å². The Labute approximate surface area is 124 Å². The molecule has 1 aromatic heterocycles. The minimum Gasteiger partial charge on any atom is -0.495 e. The van der Waals surface area contributed by atoms with E-state index in [0.29, 0.717) is 5.69 Å². The molecule has 0 aliphatic heterocycles. The van der Waals surface area contributed by atoms with Crippen molar-refractivity contribution in [1.29, 1.82) is 0 Å². The predicted molar refractivity (Wildman–Crippen MR) is 80.7 cm³/mol. The van der Waals surface area contributed by atoms with Crippen LogP contribution in [0, 0.1) is 6.92 Å². The first kappa shape index (κ1) is 15.3. The van der Waals surface area contributed by atoms with Gasteiger partial charge in [-0.3, -0.25) is 4.72 Å². The number of pyridine rings is 1. The van der Waals surface area contributed by atoms with E-state index in [9.17, 15) is 8.42 Å². The molecule has 0 aliphatic rings. The number of methoxy groups -OCH3 is 1. The molecule has 7 heteroatoms. The fourth-order valence-corrected chi connectivity index (χ4v) is 3.09. The van der Waals surface area contributed by atoms with Crippen LogP contribution in [0.1, 0.15) is 11.3 Å². The summed E-state index contributed by atoms with van der Waals surface area (Å²) in [6, 6.07) is 9.94. The van der Waals surface area contributed by atoms with Gasteiger partial charge in [-0.1, -0.05) is 12.1 Å². The van der Waals surface area contributed by atoms with Crippen LogP contribution in [0.2, 0.25) is 0 Å². The number of nitrogens with zero attached hydrogens (tertiary/aromatic N) is 1. The second-order valence-corrected chi connectivity index (χ2v) is 6.13. The van der Waals surface area contributed by atoms with E-state index in [-0.39, 0.29) is 23.0 Å². The molecule has 3 N–H and O–H groups in total. The zero-order chi connectivity index (χ0) is 15.5. The third kappa shape index (κ3) is 3.50. The molecule has 2 aromatic rings. The Balaban J connectivity index is 2.40. The van der Waals surface area contributed by atoms with Crippen LogP contribution in [0.5, 0.6) is 5.75 Å². The Morgan fingerprint density at radius 1 is 1.29 bits per heavy atom. The minimum atomic E-state index is -3.78. The monoisotopic (exact) mass is 307 g/mol. The highest BCUT2D eigenvalue weighted by molar-refractivity contribution is 7.92. The Morgan fingerprint density at radius 2 is 2.05 bits per heavy atom. The Bertz CT molecular complexity index is 745. The molecule has 1 aromatic carbocycles. The van der Waals surface area contributed by atoms with Crippen molar-refractivity contribution in [2.75, 3.05) is 11.8 Å². The van der Waals surface area contributed by atoms with Crippen LogP contribution in [-0.2, 0) is 16.6 Å². The summed E-state index contributed by atoms with van der Waals surface area (Å²) in [5.74, 6) is 0.504. The predicted octanol–water partition coefficient (Wildman–Crippen LogP) is 1.66. The average molecular weight is 307 g/mol. The maximum Gasteiger partial charge on any atom is 0.266 e. The van der Waals surface area contributed by atoms with Gasteiger partial charge in [-0.05, 0) is 36.8 Å². The topological polar surface area (TPSA) is 94.3 Å². The van der Waals surface area contributed by atoms with Crippen LogP contribution < -0.4 is 15.2 Å². The maximum atomic E-state index is 12.5. The van der Waals surface area contributed by atoms with E-state index in [4.69, 9.17) is 10.5 Å². The maximum absolute atomic E-state index is 12.5. The summed E-state index contributed by atoms with van der Waals surface area (Å²) in [5.41, 5.74) is 6.92. The van der Waals surface area contributed by atoms with E-state index in [1.807, 2.05) is 6.92 Å². The van der Waals surface area contributed by atoms with Crippen molar-refractivity contribution in [2.45, 2.75) is 18.4 Å². The number of nitrogens with one attached hydrogen (secondary N) is 1. The number of ether oxygens (including phenoxy) is 1. The molecule has 0 saturated heterocycles.